The van der Waals surface area contributed by atoms with Gasteiger partial charge < -0.3 is 8.83 Å². The Morgan fingerprint density at radius 3 is 2.84 bits per heavy atom. The predicted octanol–water partition coefficient (Wildman–Crippen LogP) is 4.67. The van der Waals surface area contributed by atoms with Gasteiger partial charge in [0.25, 0.3) is 0 Å². The molecule has 0 aliphatic rings. The van der Waals surface area contributed by atoms with E-state index in [1.165, 1.54) is 11.3 Å². The number of hydrogen-bond donors (Lipinski definition) is 0. The minimum atomic E-state index is 0.609. The zero-order chi connectivity index (χ0) is 16.8. The van der Waals surface area contributed by atoms with Crippen LogP contribution < -0.4 is 0 Å². The van der Waals surface area contributed by atoms with E-state index in [-0.39, 0.29) is 0 Å². The van der Waals surface area contributed by atoms with E-state index in [1.54, 1.807) is 10.8 Å². The minimum Gasteiger partial charge on any atom is -0.465 e. The van der Waals surface area contributed by atoms with Crippen LogP contribution >= 0.6 is 11.3 Å². The second kappa shape index (κ2) is 5.42. The maximum absolute atomic E-state index is 5.99. The highest BCUT2D eigenvalue weighted by Crippen LogP contribution is 2.32. The fourth-order valence-electron chi connectivity index (χ4n) is 2.77. The van der Waals surface area contributed by atoms with E-state index < -0.39 is 0 Å². The Labute approximate surface area is 146 Å². The highest BCUT2D eigenvalue weighted by molar-refractivity contribution is 7.17. The first kappa shape index (κ1) is 14.2. The van der Waals surface area contributed by atoms with E-state index in [0.29, 0.717) is 16.5 Å². The number of fused-ring (bicyclic) bond motifs is 2. The van der Waals surface area contributed by atoms with Crippen molar-refractivity contribution in [2.45, 2.75) is 6.92 Å². The van der Waals surface area contributed by atoms with Crippen LogP contribution in [-0.2, 0) is 0 Å². The molecule has 7 heteroatoms. The van der Waals surface area contributed by atoms with Gasteiger partial charge in [0.05, 0.1) is 6.26 Å². The molecule has 0 saturated carbocycles. The van der Waals surface area contributed by atoms with Crippen LogP contribution in [0.5, 0.6) is 0 Å². The van der Waals surface area contributed by atoms with Gasteiger partial charge >= 0.3 is 0 Å². The van der Waals surface area contributed by atoms with Gasteiger partial charge in [0.1, 0.15) is 16.4 Å². The molecule has 0 amide bonds. The number of aryl methyl sites for hydroxylation is 1. The van der Waals surface area contributed by atoms with Crippen LogP contribution in [0.4, 0.5) is 0 Å². The van der Waals surface area contributed by atoms with Crippen LogP contribution in [0.2, 0.25) is 0 Å². The number of para-hydroxylation sites is 1. The lowest BCUT2D eigenvalue weighted by molar-refractivity contribution is 0.557. The Kier molecular flexibility index (Phi) is 3.07. The second-order valence-electron chi connectivity index (χ2n) is 5.56. The molecule has 0 saturated heterocycles. The van der Waals surface area contributed by atoms with Gasteiger partial charge in [-0.15, -0.1) is 10.2 Å². The van der Waals surface area contributed by atoms with E-state index in [1.807, 2.05) is 55.5 Å². The summed E-state index contributed by atoms with van der Waals surface area (Å²) in [5.41, 5.74) is 1.87. The third-order valence-corrected chi connectivity index (χ3v) is 4.85. The highest BCUT2D eigenvalue weighted by Gasteiger charge is 2.19. The molecule has 0 atom stereocenters. The number of furan rings is 2. The Balaban J connectivity index is 1.60. The summed E-state index contributed by atoms with van der Waals surface area (Å²) >= 11 is 1.46. The summed E-state index contributed by atoms with van der Waals surface area (Å²) in [6.45, 7) is 2.02. The van der Waals surface area contributed by atoms with Crippen molar-refractivity contribution in [3.8, 4) is 11.6 Å². The summed E-state index contributed by atoms with van der Waals surface area (Å²) in [5.74, 6) is 2.08. The molecule has 0 fully saturated rings. The second-order valence-corrected chi connectivity index (χ2v) is 6.55. The first-order valence-corrected chi connectivity index (χ1v) is 8.53. The number of hydrogen-bond acceptors (Lipinski definition) is 6. The molecule has 0 spiro atoms. The summed E-state index contributed by atoms with van der Waals surface area (Å²) in [7, 11) is 0. The monoisotopic (exact) mass is 348 g/mol. The average Bonchev–Trinajstić information content (AvgIpc) is 3.37. The van der Waals surface area contributed by atoms with Gasteiger partial charge in [0, 0.05) is 10.9 Å². The average molecular weight is 348 g/mol. The van der Waals surface area contributed by atoms with Crippen molar-refractivity contribution in [2.24, 2.45) is 0 Å². The first-order chi connectivity index (χ1) is 12.3. The zero-order valence-corrected chi connectivity index (χ0v) is 14.0. The molecular formula is C18H12N4O2S. The molecule has 6 nitrogen and oxygen atoms in total. The van der Waals surface area contributed by atoms with E-state index >= 15 is 0 Å². The maximum atomic E-state index is 5.99. The smallest absolute Gasteiger partial charge is 0.235 e. The highest BCUT2D eigenvalue weighted by atomic mass is 32.1. The van der Waals surface area contributed by atoms with Crippen molar-refractivity contribution in [1.29, 1.82) is 0 Å². The topological polar surface area (TPSA) is 69.4 Å². The molecule has 0 radical (unpaired) electrons. The molecule has 0 N–H and O–H groups in total. The van der Waals surface area contributed by atoms with E-state index in [4.69, 9.17) is 8.83 Å². The van der Waals surface area contributed by atoms with E-state index in [2.05, 4.69) is 15.3 Å². The molecule has 0 aliphatic carbocycles. The molecular weight excluding hydrogens is 336 g/mol. The van der Waals surface area contributed by atoms with Crippen molar-refractivity contribution in [1.82, 2.24) is 19.8 Å². The van der Waals surface area contributed by atoms with Gasteiger partial charge in [-0.2, -0.15) is 9.61 Å². The molecule has 4 aromatic heterocycles. The summed E-state index contributed by atoms with van der Waals surface area (Å²) in [5, 5.41) is 15.0. The standard InChI is InChI=1S/C18H12N4O2S/c1-11-13-6-2-3-7-14(13)24-16(11)17-19-20-18-22(17)21-15(25-18)9-8-12-5-4-10-23-12/h2-10H,1H3/b9-8+. The largest absolute Gasteiger partial charge is 0.465 e. The quantitative estimate of drug-likeness (QED) is 0.474. The van der Waals surface area contributed by atoms with Crippen molar-refractivity contribution < 1.29 is 8.83 Å². The third-order valence-electron chi connectivity index (χ3n) is 3.99. The SMILES string of the molecule is Cc1c(-c2nnc3sc(/C=C/c4ccco4)nn23)oc2ccccc12. The molecule has 25 heavy (non-hydrogen) atoms. The molecule has 0 aliphatic heterocycles. The molecule has 5 aromatic rings. The molecule has 1 aromatic carbocycles. The molecule has 4 heterocycles. The summed E-state index contributed by atoms with van der Waals surface area (Å²) in [6, 6.07) is 11.7. The molecule has 0 bridgehead atoms. The number of nitrogens with zero attached hydrogens (tertiary/aromatic N) is 4. The van der Waals surface area contributed by atoms with Crippen molar-refractivity contribution in [3.05, 3.63) is 59.0 Å². The van der Waals surface area contributed by atoms with E-state index in [0.717, 1.165) is 27.3 Å². The number of aromatic nitrogens is 4. The predicted molar refractivity (Wildman–Crippen MR) is 96.2 cm³/mol. The lowest BCUT2D eigenvalue weighted by atomic mass is 10.1. The minimum absolute atomic E-state index is 0.609. The van der Waals surface area contributed by atoms with Crippen LogP contribution in [0.15, 0.2) is 51.5 Å². The Bertz CT molecular complexity index is 1210. The van der Waals surface area contributed by atoms with E-state index in [9.17, 15) is 0 Å². The molecule has 122 valence electrons. The van der Waals surface area contributed by atoms with Crippen LogP contribution in [0.1, 0.15) is 16.3 Å². The Hall–Kier alpha value is -3.19. The first-order valence-electron chi connectivity index (χ1n) is 7.72. The Morgan fingerprint density at radius 1 is 1.08 bits per heavy atom. The third kappa shape index (κ3) is 2.28. The fourth-order valence-corrected chi connectivity index (χ4v) is 3.51. The fraction of sp³-hybridized carbons (Fsp3) is 0.0556. The lowest BCUT2D eigenvalue weighted by Gasteiger charge is -1.93. The van der Waals surface area contributed by atoms with Crippen LogP contribution in [-0.4, -0.2) is 19.8 Å². The molecule has 0 unspecified atom stereocenters. The van der Waals surface area contributed by atoms with Crippen molar-refractivity contribution in [3.63, 3.8) is 0 Å². The summed E-state index contributed by atoms with van der Waals surface area (Å²) < 4.78 is 13.0. The van der Waals surface area contributed by atoms with Crippen LogP contribution in [0, 0.1) is 6.92 Å². The van der Waals surface area contributed by atoms with Gasteiger partial charge in [-0.1, -0.05) is 29.5 Å². The van der Waals surface area contributed by atoms with Crippen LogP contribution in [0.3, 0.4) is 0 Å². The van der Waals surface area contributed by atoms with Crippen LogP contribution in [0.25, 0.3) is 39.7 Å². The van der Waals surface area contributed by atoms with Gasteiger partial charge in [0.15, 0.2) is 5.76 Å². The zero-order valence-electron chi connectivity index (χ0n) is 13.2. The number of rotatable bonds is 3. The lowest BCUT2D eigenvalue weighted by Crippen LogP contribution is -1.90. The summed E-state index contributed by atoms with van der Waals surface area (Å²) in [6.07, 6.45) is 5.41. The van der Waals surface area contributed by atoms with Gasteiger partial charge in [-0.3, -0.25) is 0 Å². The van der Waals surface area contributed by atoms with Crippen molar-refractivity contribution >= 4 is 39.4 Å². The Morgan fingerprint density at radius 2 is 2.00 bits per heavy atom. The van der Waals surface area contributed by atoms with Crippen molar-refractivity contribution in [2.75, 3.05) is 0 Å². The van der Waals surface area contributed by atoms with Gasteiger partial charge in [-0.05, 0) is 37.3 Å². The van der Waals surface area contributed by atoms with Gasteiger partial charge in [0.2, 0.25) is 10.8 Å². The molecule has 5 rings (SSSR count). The van der Waals surface area contributed by atoms with Gasteiger partial charge in [-0.25, -0.2) is 0 Å². The normalized spacial score (nSPS) is 12.0. The number of benzene rings is 1. The maximum Gasteiger partial charge on any atom is 0.235 e. The summed E-state index contributed by atoms with van der Waals surface area (Å²) in [4.78, 5) is 0.717.